The molecule has 1 aromatic rings. The second-order valence-corrected chi connectivity index (χ2v) is 6.31. The summed E-state index contributed by atoms with van der Waals surface area (Å²) in [6.45, 7) is 4.70. The monoisotopic (exact) mass is 272 g/mol. The Hall–Kier alpha value is -1.19. The summed E-state index contributed by atoms with van der Waals surface area (Å²) in [6.07, 6.45) is 3.82. The molecule has 0 saturated carbocycles. The number of ketones is 1. The molecule has 2 unspecified atom stereocenters. The van der Waals surface area contributed by atoms with Crippen molar-refractivity contribution in [2.75, 3.05) is 26.7 Å². The molecule has 2 heterocycles. The number of likely N-dealkylation sites (tertiary alicyclic amines) is 1. The maximum Gasteiger partial charge on any atom is 0.177 e. The number of hydrogen-bond acceptors (Lipinski definition) is 3. The fourth-order valence-electron chi connectivity index (χ4n) is 3.70. The van der Waals surface area contributed by atoms with Crippen LogP contribution in [-0.2, 0) is 0 Å². The Labute approximate surface area is 121 Å². The summed E-state index contributed by atoms with van der Waals surface area (Å²) in [5.41, 5.74) is 1.97. The standard InChI is InChI=1S/C17H24N2O/c1-13-5-3-4-6-16(13)17(20)12-19-10-9-14-7-8-15(11-19)18(14)2/h3-6,14-15H,7-12H2,1-2H3. The van der Waals surface area contributed by atoms with Crippen LogP contribution in [0.3, 0.4) is 0 Å². The molecule has 2 saturated heterocycles. The van der Waals surface area contributed by atoms with Crippen molar-refractivity contribution in [3.8, 4) is 0 Å². The highest BCUT2D eigenvalue weighted by Crippen LogP contribution is 2.28. The molecule has 3 nitrogen and oxygen atoms in total. The number of likely N-dealkylation sites (N-methyl/N-ethyl adjacent to an activating group) is 1. The smallest absolute Gasteiger partial charge is 0.177 e. The molecule has 2 fully saturated rings. The number of rotatable bonds is 3. The third kappa shape index (κ3) is 2.65. The molecule has 0 aromatic heterocycles. The molecular weight excluding hydrogens is 248 g/mol. The molecule has 2 bridgehead atoms. The van der Waals surface area contributed by atoms with Crippen LogP contribution in [0.2, 0.25) is 0 Å². The third-order valence-corrected chi connectivity index (χ3v) is 5.05. The number of hydrogen-bond donors (Lipinski definition) is 0. The molecule has 2 atom stereocenters. The predicted octanol–water partition coefficient (Wildman–Crippen LogP) is 2.35. The van der Waals surface area contributed by atoms with E-state index in [2.05, 4.69) is 16.8 Å². The molecule has 108 valence electrons. The molecule has 0 amide bonds. The summed E-state index contributed by atoms with van der Waals surface area (Å²) >= 11 is 0. The van der Waals surface area contributed by atoms with Crippen molar-refractivity contribution in [2.45, 2.75) is 38.3 Å². The van der Waals surface area contributed by atoms with Crippen molar-refractivity contribution in [1.29, 1.82) is 0 Å². The van der Waals surface area contributed by atoms with Crippen LogP contribution in [-0.4, -0.2) is 54.3 Å². The van der Waals surface area contributed by atoms with Gasteiger partial charge in [-0.3, -0.25) is 14.6 Å². The number of aryl methyl sites for hydroxylation is 1. The largest absolute Gasteiger partial charge is 0.299 e. The first-order valence-corrected chi connectivity index (χ1v) is 7.68. The van der Waals surface area contributed by atoms with Crippen LogP contribution < -0.4 is 0 Å². The van der Waals surface area contributed by atoms with E-state index in [9.17, 15) is 4.79 Å². The van der Waals surface area contributed by atoms with Gasteiger partial charge in [-0.05, 0) is 38.8 Å². The average molecular weight is 272 g/mol. The zero-order valence-corrected chi connectivity index (χ0v) is 12.5. The van der Waals surface area contributed by atoms with E-state index < -0.39 is 0 Å². The van der Waals surface area contributed by atoms with E-state index in [0.717, 1.165) is 30.3 Å². The highest BCUT2D eigenvalue weighted by atomic mass is 16.1. The van der Waals surface area contributed by atoms with Gasteiger partial charge < -0.3 is 0 Å². The number of nitrogens with zero attached hydrogens (tertiary/aromatic N) is 2. The first-order chi connectivity index (χ1) is 9.65. The molecule has 2 aliphatic heterocycles. The zero-order chi connectivity index (χ0) is 14.1. The van der Waals surface area contributed by atoms with Crippen molar-refractivity contribution >= 4 is 5.78 Å². The Morgan fingerprint density at radius 3 is 2.75 bits per heavy atom. The van der Waals surface area contributed by atoms with Crippen LogP contribution in [0.25, 0.3) is 0 Å². The lowest BCUT2D eigenvalue weighted by Gasteiger charge is -2.25. The van der Waals surface area contributed by atoms with E-state index in [1.54, 1.807) is 0 Å². The molecular formula is C17H24N2O. The molecule has 0 aliphatic carbocycles. The summed E-state index contributed by atoms with van der Waals surface area (Å²) in [7, 11) is 2.25. The van der Waals surface area contributed by atoms with Crippen LogP contribution in [0.1, 0.15) is 35.2 Å². The fraction of sp³-hybridized carbons (Fsp3) is 0.588. The predicted molar refractivity (Wildman–Crippen MR) is 81.1 cm³/mol. The topological polar surface area (TPSA) is 23.6 Å². The maximum absolute atomic E-state index is 12.5. The number of benzene rings is 1. The molecule has 20 heavy (non-hydrogen) atoms. The van der Waals surface area contributed by atoms with Gasteiger partial charge in [-0.15, -0.1) is 0 Å². The Morgan fingerprint density at radius 1 is 1.20 bits per heavy atom. The van der Waals surface area contributed by atoms with Crippen molar-refractivity contribution in [2.24, 2.45) is 0 Å². The van der Waals surface area contributed by atoms with E-state index in [4.69, 9.17) is 0 Å². The van der Waals surface area contributed by atoms with Gasteiger partial charge >= 0.3 is 0 Å². The van der Waals surface area contributed by atoms with E-state index in [0.29, 0.717) is 12.6 Å². The lowest BCUT2D eigenvalue weighted by Crippen LogP contribution is -2.38. The van der Waals surface area contributed by atoms with E-state index in [1.165, 1.54) is 19.3 Å². The van der Waals surface area contributed by atoms with Crippen LogP contribution in [0, 0.1) is 6.92 Å². The lowest BCUT2D eigenvalue weighted by atomic mass is 10.0. The van der Waals surface area contributed by atoms with E-state index in [1.807, 2.05) is 31.2 Å². The zero-order valence-electron chi connectivity index (χ0n) is 12.5. The minimum atomic E-state index is 0.267. The fourth-order valence-corrected chi connectivity index (χ4v) is 3.70. The number of carbonyl (C=O) groups excluding carboxylic acids is 1. The normalized spacial score (nSPS) is 27.5. The Bertz CT molecular complexity index is 500. The van der Waals surface area contributed by atoms with Crippen molar-refractivity contribution in [3.05, 3.63) is 35.4 Å². The molecule has 3 heteroatoms. The maximum atomic E-state index is 12.5. The molecule has 1 aromatic carbocycles. The van der Waals surface area contributed by atoms with Gasteiger partial charge in [0.2, 0.25) is 0 Å². The highest BCUT2D eigenvalue weighted by Gasteiger charge is 2.34. The van der Waals surface area contributed by atoms with Gasteiger partial charge in [0.1, 0.15) is 0 Å². The average Bonchev–Trinajstić information content (AvgIpc) is 2.67. The summed E-state index contributed by atoms with van der Waals surface area (Å²) in [5.74, 6) is 0.267. The van der Waals surface area contributed by atoms with Gasteiger partial charge in [0, 0.05) is 30.7 Å². The first kappa shape index (κ1) is 13.8. The second-order valence-electron chi connectivity index (χ2n) is 6.31. The molecule has 2 aliphatic rings. The Kier molecular flexibility index (Phi) is 3.90. The van der Waals surface area contributed by atoms with E-state index in [-0.39, 0.29) is 5.78 Å². The Morgan fingerprint density at radius 2 is 1.95 bits per heavy atom. The lowest BCUT2D eigenvalue weighted by molar-refractivity contribution is 0.0923. The first-order valence-electron chi connectivity index (χ1n) is 7.68. The number of Topliss-reactive ketones (excluding diaryl/α,β-unsaturated/α-hetero) is 1. The Balaban J connectivity index is 1.66. The van der Waals surface area contributed by atoms with Gasteiger partial charge in [-0.1, -0.05) is 24.3 Å². The van der Waals surface area contributed by atoms with Crippen molar-refractivity contribution in [1.82, 2.24) is 9.80 Å². The summed E-state index contributed by atoms with van der Waals surface area (Å²) < 4.78 is 0. The van der Waals surface area contributed by atoms with E-state index >= 15 is 0 Å². The second kappa shape index (κ2) is 5.66. The van der Waals surface area contributed by atoms with Crippen LogP contribution in [0.5, 0.6) is 0 Å². The molecule has 0 N–H and O–H groups in total. The van der Waals surface area contributed by atoms with Crippen LogP contribution in [0.15, 0.2) is 24.3 Å². The van der Waals surface area contributed by atoms with Crippen LogP contribution >= 0.6 is 0 Å². The van der Waals surface area contributed by atoms with Crippen LogP contribution in [0.4, 0.5) is 0 Å². The minimum Gasteiger partial charge on any atom is -0.299 e. The van der Waals surface area contributed by atoms with Crippen molar-refractivity contribution in [3.63, 3.8) is 0 Å². The van der Waals surface area contributed by atoms with Gasteiger partial charge in [-0.25, -0.2) is 0 Å². The summed E-state index contributed by atoms with van der Waals surface area (Å²) in [5, 5.41) is 0. The summed E-state index contributed by atoms with van der Waals surface area (Å²) in [6, 6.07) is 9.30. The minimum absolute atomic E-state index is 0.267. The molecule has 3 rings (SSSR count). The van der Waals surface area contributed by atoms with Crippen molar-refractivity contribution < 1.29 is 4.79 Å². The molecule has 0 radical (unpaired) electrons. The quantitative estimate of drug-likeness (QED) is 0.789. The molecule has 0 spiro atoms. The third-order valence-electron chi connectivity index (χ3n) is 5.05. The van der Waals surface area contributed by atoms with Gasteiger partial charge in [0.25, 0.3) is 0 Å². The van der Waals surface area contributed by atoms with Gasteiger partial charge in [0.05, 0.1) is 6.54 Å². The van der Waals surface area contributed by atoms with Gasteiger partial charge in [0.15, 0.2) is 5.78 Å². The highest BCUT2D eigenvalue weighted by molar-refractivity contribution is 5.98. The SMILES string of the molecule is Cc1ccccc1C(=O)CN1CCC2CCC(C1)N2C. The number of carbonyl (C=O) groups is 1. The summed E-state index contributed by atoms with van der Waals surface area (Å²) in [4.78, 5) is 17.4. The van der Waals surface area contributed by atoms with Gasteiger partial charge in [-0.2, -0.15) is 0 Å². The number of fused-ring (bicyclic) bond motifs is 2.